The van der Waals surface area contributed by atoms with E-state index in [-0.39, 0.29) is 47.1 Å². The van der Waals surface area contributed by atoms with Crippen LogP contribution in [0.5, 0.6) is 11.5 Å². The molecule has 0 unspecified atom stereocenters. The molecule has 0 aliphatic heterocycles. The van der Waals surface area contributed by atoms with Gasteiger partial charge in [-0.25, -0.2) is 0 Å². The zero-order chi connectivity index (χ0) is 20.9. The standard InChI is InChI=1S/C21H29NO6/c1-20(2,6-5-7-28-22(26)27)12-8-17(24)19(18(25)9-12)13-10-16(23)15-11-14(13)21(15,3)4/h8-9,13-15,24-25H,5-7,10-11H2,1-4H3/t13-,14-,15+/m1/s1. The molecule has 1 aromatic rings. The van der Waals surface area contributed by atoms with Gasteiger partial charge in [-0.3, -0.25) is 4.79 Å². The molecule has 0 aromatic heterocycles. The summed E-state index contributed by atoms with van der Waals surface area (Å²) in [5.41, 5.74) is 0.714. The van der Waals surface area contributed by atoms with Crippen molar-refractivity contribution >= 4 is 5.78 Å². The third-order valence-electron chi connectivity index (χ3n) is 7.07. The van der Waals surface area contributed by atoms with E-state index >= 15 is 0 Å². The van der Waals surface area contributed by atoms with E-state index in [1.54, 1.807) is 12.1 Å². The number of aromatic hydroxyl groups is 2. The van der Waals surface area contributed by atoms with Gasteiger partial charge in [0.25, 0.3) is 5.09 Å². The number of Topliss-reactive ketones (excluding diaryl/α,β-unsaturated/α-hetero) is 1. The average molecular weight is 391 g/mol. The van der Waals surface area contributed by atoms with Crippen molar-refractivity contribution in [3.63, 3.8) is 0 Å². The fourth-order valence-corrected chi connectivity index (χ4v) is 5.18. The minimum Gasteiger partial charge on any atom is -0.508 e. The Balaban J connectivity index is 1.81. The highest BCUT2D eigenvalue weighted by molar-refractivity contribution is 5.86. The van der Waals surface area contributed by atoms with Gasteiger partial charge >= 0.3 is 0 Å². The molecular weight excluding hydrogens is 362 g/mol. The van der Waals surface area contributed by atoms with Crippen molar-refractivity contribution in [2.45, 2.75) is 64.7 Å². The molecule has 1 aromatic carbocycles. The lowest BCUT2D eigenvalue weighted by Gasteiger charge is -2.59. The second-order valence-electron chi connectivity index (χ2n) is 9.47. The van der Waals surface area contributed by atoms with Crippen LogP contribution in [-0.2, 0) is 15.0 Å². The van der Waals surface area contributed by atoms with E-state index in [9.17, 15) is 25.1 Å². The molecule has 3 aliphatic rings. The van der Waals surface area contributed by atoms with Gasteiger partial charge < -0.3 is 15.1 Å². The summed E-state index contributed by atoms with van der Waals surface area (Å²) < 4.78 is 0. The van der Waals surface area contributed by atoms with E-state index in [4.69, 9.17) is 0 Å². The molecule has 0 radical (unpaired) electrons. The molecule has 0 amide bonds. The van der Waals surface area contributed by atoms with Gasteiger partial charge in [-0.1, -0.05) is 27.7 Å². The minimum absolute atomic E-state index is 0.00852. The lowest BCUT2D eigenvalue weighted by molar-refractivity contribution is -0.757. The van der Waals surface area contributed by atoms with Gasteiger partial charge in [0, 0.05) is 23.8 Å². The molecule has 0 heterocycles. The molecule has 28 heavy (non-hydrogen) atoms. The molecule has 3 aliphatic carbocycles. The average Bonchev–Trinajstić information content (AvgIpc) is 2.57. The van der Waals surface area contributed by atoms with Gasteiger partial charge in [-0.2, -0.15) is 0 Å². The van der Waals surface area contributed by atoms with Crippen LogP contribution in [0.15, 0.2) is 12.1 Å². The predicted octanol–water partition coefficient (Wildman–Crippen LogP) is 4.08. The number of fused-ring (bicyclic) bond motifs is 2. The third kappa shape index (κ3) is 3.42. The Bertz CT molecular complexity index is 777. The summed E-state index contributed by atoms with van der Waals surface area (Å²) in [6.45, 7) is 8.10. The molecule has 7 heteroatoms. The van der Waals surface area contributed by atoms with Crippen molar-refractivity contribution in [1.29, 1.82) is 0 Å². The summed E-state index contributed by atoms with van der Waals surface area (Å²) in [5.74, 6) is 0.444. The Morgan fingerprint density at radius 2 is 1.89 bits per heavy atom. The van der Waals surface area contributed by atoms with Crippen molar-refractivity contribution in [2.24, 2.45) is 17.3 Å². The first-order chi connectivity index (χ1) is 12.9. The molecule has 7 nitrogen and oxygen atoms in total. The maximum absolute atomic E-state index is 12.5. The minimum atomic E-state index is -0.808. The van der Waals surface area contributed by atoms with Gasteiger partial charge in [0.15, 0.2) is 0 Å². The molecule has 3 saturated carbocycles. The van der Waals surface area contributed by atoms with Crippen LogP contribution in [-0.4, -0.2) is 27.7 Å². The van der Waals surface area contributed by atoms with E-state index in [0.717, 1.165) is 12.0 Å². The Hall–Kier alpha value is -2.31. The van der Waals surface area contributed by atoms with Crippen molar-refractivity contribution < 1.29 is 24.9 Å². The molecular formula is C21H29NO6. The third-order valence-corrected chi connectivity index (χ3v) is 7.07. The van der Waals surface area contributed by atoms with Crippen molar-refractivity contribution in [2.75, 3.05) is 6.61 Å². The van der Waals surface area contributed by atoms with Crippen LogP contribution < -0.4 is 0 Å². The second kappa shape index (κ2) is 6.94. The van der Waals surface area contributed by atoms with Crippen LogP contribution in [0.1, 0.15) is 70.4 Å². The molecule has 3 fully saturated rings. The van der Waals surface area contributed by atoms with Crippen LogP contribution in [0.2, 0.25) is 0 Å². The molecule has 2 bridgehead atoms. The van der Waals surface area contributed by atoms with Gasteiger partial charge in [-0.15, -0.1) is 10.1 Å². The number of carbonyl (C=O) groups is 1. The van der Waals surface area contributed by atoms with Crippen molar-refractivity contribution in [1.82, 2.24) is 0 Å². The van der Waals surface area contributed by atoms with E-state index < -0.39 is 10.5 Å². The van der Waals surface area contributed by atoms with Crippen LogP contribution in [0, 0.1) is 27.4 Å². The lowest BCUT2D eigenvalue weighted by atomic mass is 9.44. The number of hydrogen-bond donors (Lipinski definition) is 2. The van der Waals surface area contributed by atoms with Crippen molar-refractivity contribution in [3.8, 4) is 11.5 Å². The normalized spacial score (nSPS) is 25.9. The fraction of sp³-hybridized carbons (Fsp3) is 0.667. The highest BCUT2D eigenvalue weighted by atomic mass is 16.9. The molecule has 154 valence electrons. The first-order valence-electron chi connectivity index (χ1n) is 9.81. The summed E-state index contributed by atoms with van der Waals surface area (Å²) in [7, 11) is 0. The molecule has 3 atom stereocenters. The first-order valence-corrected chi connectivity index (χ1v) is 9.81. The Labute approximate surface area is 164 Å². The topological polar surface area (TPSA) is 110 Å². The highest BCUT2D eigenvalue weighted by Gasteiger charge is 2.59. The summed E-state index contributed by atoms with van der Waals surface area (Å²) >= 11 is 0. The summed E-state index contributed by atoms with van der Waals surface area (Å²) in [5, 5.41) is 30.9. The summed E-state index contributed by atoms with van der Waals surface area (Å²) in [4.78, 5) is 27.1. The van der Waals surface area contributed by atoms with Crippen LogP contribution >= 0.6 is 0 Å². The smallest absolute Gasteiger partial charge is 0.294 e. The quantitative estimate of drug-likeness (QED) is 0.412. The van der Waals surface area contributed by atoms with E-state index in [0.29, 0.717) is 24.8 Å². The van der Waals surface area contributed by atoms with Gasteiger partial charge in [0.2, 0.25) is 0 Å². The zero-order valence-electron chi connectivity index (χ0n) is 16.9. The largest absolute Gasteiger partial charge is 0.508 e. The maximum Gasteiger partial charge on any atom is 0.294 e. The number of phenols is 2. The predicted molar refractivity (Wildman–Crippen MR) is 103 cm³/mol. The number of benzene rings is 1. The van der Waals surface area contributed by atoms with Crippen LogP contribution in [0.3, 0.4) is 0 Å². The Morgan fingerprint density at radius 3 is 2.39 bits per heavy atom. The van der Waals surface area contributed by atoms with Crippen molar-refractivity contribution in [3.05, 3.63) is 33.4 Å². The Morgan fingerprint density at radius 1 is 1.29 bits per heavy atom. The number of hydrogen-bond acceptors (Lipinski definition) is 6. The van der Waals surface area contributed by atoms with E-state index in [1.807, 2.05) is 13.8 Å². The van der Waals surface area contributed by atoms with Gasteiger partial charge in [-0.05, 0) is 53.7 Å². The number of rotatable bonds is 7. The number of ketones is 1. The van der Waals surface area contributed by atoms with Crippen LogP contribution in [0.4, 0.5) is 0 Å². The molecule has 0 spiro atoms. The first kappa shape index (κ1) is 20.4. The molecule has 2 N–H and O–H groups in total. The summed E-state index contributed by atoms with van der Waals surface area (Å²) in [6, 6.07) is 3.32. The second-order valence-corrected chi connectivity index (χ2v) is 9.47. The fourth-order valence-electron chi connectivity index (χ4n) is 5.18. The Kier molecular flexibility index (Phi) is 5.06. The number of nitrogens with zero attached hydrogens (tertiary/aromatic N) is 1. The van der Waals surface area contributed by atoms with Crippen LogP contribution in [0.25, 0.3) is 0 Å². The maximum atomic E-state index is 12.5. The number of carbonyl (C=O) groups excluding carboxylic acids is 1. The lowest BCUT2D eigenvalue weighted by Crippen LogP contribution is -2.56. The zero-order valence-corrected chi connectivity index (χ0v) is 16.9. The van der Waals surface area contributed by atoms with E-state index in [2.05, 4.69) is 18.7 Å². The molecule has 4 rings (SSSR count). The van der Waals surface area contributed by atoms with Gasteiger partial charge in [0.05, 0.1) is 6.61 Å². The van der Waals surface area contributed by atoms with E-state index in [1.165, 1.54) is 0 Å². The highest BCUT2D eigenvalue weighted by Crippen LogP contribution is 2.64. The monoisotopic (exact) mass is 391 g/mol. The SMILES string of the molecule is CC(C)(CCCO[N+](=O)[O-])c1cc(O)c([C@@H]2CC(=O)[C@@H]3C[C@H]2C3(C)C)c(O)c1. The summed E-state index contributed by atoms with van der Waals surface area (Å²) in [6.07, 6.45) is 2.25. The number of phenolic OH excluding ortho intramolecular Hbond substituents is 2. The van der Waals surface area contributed by atoms with Gasteiger partial charge in [0.1, 0.15) is 17.3 Å². The molecule has 0 saturated heterocycles.